The molecule has 0 aliphatic rings. The molecule has 0 saturated carbocycles. The molecule has 0 spiro atoms. The van der Waals surface area contributed by atoms with Gasteiger partial charge in [-0.1, -0.05) is 30.4 Å². The highest BCUT2D eigenvalue weighted by atomic mass is 32.1. The lowest BCUT2D eigenvalue weighted by molar-refractivity contribution is 0.271. The Morgan fingerprint density at radius 1 is 0.553 bits per heavy atom. The monoisotopic (exact) mass is 655 g/mol. The number of para-hydroxylation sites is 1. The number of unbranched alkanes of at least 4 members (excludes halogenated alkanes) is 3. The summed E-state index contributed by atoms with van der Waals surface area (Å²) < 4.78 is 40.9. The predicted molar refractivity (Wildman–Crippen MR) is 189 cm³/mol. The third-order valence-corrected chi connectivity index (χ3v) is 8.69. The highest BCUT2D eigenvalue weighted by molar-refractivity contribution is 7.21. The number of fused-ring (bicyclic) bond motifs is 1. The minimum Gasteiger partial charge on any atom is -0.493 e. The maximum Gasteiger partial charge on any atom is 0.203 e. The Balaban J connectivity index is 1.09. The van der Waals surface area contributed by atoms with Crippen molar-refractivity contribution in [2.24, 2.45) is 0 Å². The summed E-state index contributed by atoms with van der Waals surface area (Å²) >= 11 is 1.68. The van der Waals surface area contributed by atoms with Gasteiger partial charge in [0.05, 0.1) is 59.0 Å². The molecular weight excluding hydrogens is 614 g/mol. The molecule has 246 valence electrons. The van der Waals surface area contributed by atoms with E-state index in [-0.39, 0.29) is 0 Å². The maximum atomic E-state index is 6.15. The van der Waals surface area contributed by atoms with Gasteiger partial charge in [-0.25, -0.2) is 4.98 Å². The Morgan fingerprint density at radius 2 is 1.13 bits per heavy atom. The van der Waals surface area contributed by atoms with Crippen molar-refractivity contribution in [2.45, 2.75) is 25.7 Å². The molecule has 0 radical (unpaired) electrons. The third kappa shape index (κ3) is 8.48. The van der Waals surface area contributed by atoms with Gasteiger partial charge in [-0.15, -0.1) is 11.3 Å². The molecule has 47 heavy (non-hydrogen) atoms. The van der Waals surface area contributed by atoms with E-state index in [4.69, 9.17) is 38.1 Å². The van der Waals surface area contributed by atoms with E-state index < -0.39 is 0 Å². The molecule has 0 atom stereocenters. The molecule has 8 nitrogen and oxygen atoms in total. The number of hydrogen-bond donors (Lipinski definition) is 0. The molecule has 0 bridgehead atoms. The fraction of sp³-hybridized carbons (Fsp3) is 0.289. The first-order valence-corrected chi connectivity index (χ1v) is 16.3. The van der Waals surface area contributed by atoms with Gasteiger partial charge in [0.25, 0.3) is 0 Å². The van der Waals surface area contributed by atoms with Crippen molar-refractivity contribution in [1.82, 2.24) is 4.98 Å². The standard InChI is InChI=1S/C38H41NO7S/c1-40-30-18-16-26(14-15-27-23-34(42-3)37(44-5)35(24-27)43-4)22-32(30)45-20-10-6-7-11-21-46-33-25-28(17-19-31(33)41-2)38-39-29-12-8-9-13-36(29)47-38/h8-9,12-19,22-25H,6-7,10-11,20-21H2,1-5H3. The fourth-order valence-corrected chi connectivity index (χ4v) is 6.10. The first-order chi connectivity index (χ1) is 23.1. The minimum atomic E-state index is 0.561. The number of nitrogens with zero attached hydrogens (tertiary/aromatic N) is 1. The lowest BCUT2D eigenvalue weighted by Crippen LogP contribution is -2.02. The van der Waals surface area contributed by atoms with Crippen molar-refractivity contribution in [2.75, 3.05) is 48.8 Å². The van der Waals surface area contributed by atoms with Crippen LogP contribution in [0.3, 0.4) is 0 Å². The van der Waals surface area contributed by atoms with Gasteiger partial charge in [0, 0.05) is 5.56 Å². The summed E-state index contributed by atoms with van der Waals surface area (Å²) in [6.45, 7) is 1.20. The molecule has 0 saturated heterocycles. The Labute approximate surface area is 280 Å². The predicted octanol–water partition coefficient (Wildman–Crippen LogP) is 9.19. The Kier molecular flexibility index (Phi) is 11.8. The Hall–Kier alpha value is -4.89. The van der Waals surface area contributed by atoms with Crippen LogP contribution in [0.1, 0.15) is 36.8 Å². The second-order valence-corrected chi connectivity index (χ2v) is 11.7. The number of ether oxygens (including phenoxy) is 7. The average molecular weight is 656 g/mol. The molecular formula is C38H41NO7S. The SMILES string of the molecule is COc1ccc(C=Cc2cc(OC)c(OC)c(OC)c2)cc1OCCCCCCOc1cc(-c2nc3ccccc3s2)ccc1OC. The summed E-state index contributed by atoms with van der Waals surface area (Å²) in [6, 6.07) is 23.9. The van der Waals surface area contributed by atoms with Gasteiger partial charge < -0.3 is 33.2 Å². The summed E-state index contributed by atoms with van der Waals surface area (Å²) in [5, 5.41) is 0.968. The molecule has 0 amide bonds. The maximum absolute atomic E-state index is 6.15. The molecule has 0 unspecified atom stereocenters. The zero-order valence-corrected chi connectivity index (χ0v) is 28.4. The van der Waals surface area contributed by atoms with Crippen LogP contribution < -0.4 is 33.2 Å². The van der Waals surface area contributed by atoms with E-state index >= 15 is 0 Å². The van der Waals surface area contributed by atoms with Crippen molar-refractivity contribution >= 4 is 33.7 Å². The number of hydrogen-bond acceptors (Lipinski definition) is 9. The van der Waals surface area contributed by atoms with E-state index in [9.17, 15) is 0 Å². The fourth-order valence-electron chi connectivity index (χ4n) is 5.14. The molecule has 1 aromatic heterocycles. The number of aromatic nitrogens is 1. The lowest BCUT2D eigenvalue weighted by atomic mass is 10.1. The zero-order chi connectivity index (χ0) is 33.0. The van der Waals surface area contributed by atoms with E-state index in [1.807, 2.05) is 78.9 Å². The van der Waals surface area contributed by atoms with Crippen LogP contribution >= 0.6 is 11.3 Å². The summed E-state index contributed by atoms with van der Waals surface area (Å²) in [5.74, 6) is 4.63. The molecule has 0 aliphatic heterocycles. The Morgan fingerprint density at radius 3 is 1.74 bits per heavy atom. The van der Waals surface area contributed by atoms with Gasteiger partial charge >= 0.3 is 0 Å². The molecule has 1 heterocycles. The quantitative estimate of drug-likeness (QED) is 0.0725. The summed E-state index contributed by atoms with van der Waals surface area (Å²) in [6.07, 6.45) is 7.90. The summed E-state index contributed by atoms with van der Waals surface area (Å²) in [7, 11) is 8.12. The summed E-state index contributed by atoms with van der Waals surface area (Å²) in [5.41, 5.74) is 3.93. The van der Waals surface area contributed by atoms with Crippen molar-refractivity contribution in [3.63, 3.8) is 0 Å². The van der Waals surface area contributed by atoms with Crippen molar-refractivity contribution in [1.29, 1.82) is 0 Å². The van der Waals surface area contributed by atoms with Crippen LogP contribution in [0.5, 0.6) is 40.2 Å². The van der Waals surface area contributed by atoms with Crippen LogP contribution in [-0.4, -0.2) is 53.7 Å². The van der Waals surface area contributed by atoms with Crippen molar-refractivity contribution in [3.05, 3.63) is 83.9 Å². The largest absolute Gasteiger partial charge is 0.493 e. The van der Waals surface area contributed by atoms with E-state index in [1.165, 1.54) is 4.70 Å². The highest BCUT2D eigenvalue weighted by Gasteiger charge is 2.13. The van der Waals surface area contributed by atoms with Crippen LogP contribution in [0.15, 0.2) is 72.8 Å². The van der Waals surface area contributed by atoms with Crippen LogP contribution in [0.2, 0.25) is 0 Å². The number of methoxy groups -OCH3 is 5. The molecule has 0 N–H and O–H groups in total. The van der Waals surface area contributed by atoms with E-state index in [0.717, 1.165) is 64.4 Å². The topological polar surface area (TPSA) is 77.5 Å². The second kappa shape index (κ2) is 16.6. The average Bonchev–Trinajstić information content (AvgIpc) is 3.56. The smallest absolute Gasteiger partial charge is 0.203 e. The first-order valence-electron chi connectivity index (χ1n) is 15.5. The van der Waals surface area contributed by atoms with E-state index in [1.54, 1.807) is 46.9 Å². The number of benzene rings is 4. The molecule has 5 aromatic rings. The van der Waals surface area contributed by atoms with Crippen LogP contribution in [-0.2, 0) is 0 Å². The van der Waals surface area contributed by atoms with Crippen LogP contribution in [0.25, 0.3) is 32.9 Å². The van der Waals surface area contributed by atoms with Crippen molar-refractivity contribution < 1.29 is 33.2 Å². The Bertz CT molecular complexity index is 1740. The minimum absolute atomic E-state index is 0.561. The van der Waals surface area contributed by atoms with E-state index in [0.29, 0.717) is 42.0 Å². The number of thiazole rings is 1. The molecule has 4 aromatic carbocycles. The van der Waals surface area contributed by atoms with Gasteiger partial charge in [-0.3, -0.25) is 0 Å². The van der Waals surface area contributed by atoms with Crippen LogP contribution in [0, 0.1) is 0 Å². The number of rotatable bonds is 17. The van der Waals surface area contributed by atoms with E-state index in [2.05, 4.69) is 6.07 Å². The normalized spacial score (nSPS) is 11.1. The molecule has 0 aliphatic carbocycles. The molecule has 5 rings (SSSR count). The molecule has 9 heteroatoms. The summed E-state index contributed by atoms with van der Waals surface area (Å²) in [4.78, 5) is 4.78. The van der Waals surface area contributed by atoms with Gasteiger partial charge in [0.15, 0.2) is 34.5 Å². The van der Waals surface area contributed by atoms with Gasteiger partial charge in [0.2, 0.25) is 5.75 Å². The van der Waals surface area contributed by atoms with Gasteiger partial charge in [-0.05, 0) is 91.4 Å². The second-order valence-electron chi connectivity index (χ2n) is 10.7. The molecule has 0 fully saturated rings. The zero-order valence-electron chi connectivity index (χ0n) is 27.5. The van der Waals surface area contributed by atoms with Crippen molar-refractivity contribution in [3.8, 4) is 50.8 Å². The first kappa shape index (κ1) is 33.5. The highest BCUT2D eigenvalue weighted by Crippen LogP contribution is 2.39. The third-order valence-electron chi connectivity index (χ3n) is 7.60. The van der Waals surface area contributed by atoms with Gasteiger partial charge in [-0.2, -0.15) is 0 Å². The van der Waals surface area contributed by atoms with Crippen LogP contribution in [0.4, 0.5) is 0 Å². The lowest BCUT2D eigenvalue weighted by Gasteiger charge is -2.13. The van der Waals surface area contributed by atoms with Gasteiger partial charge in [0.1, 0.15) is 5.01 Å².